The van der Waals surface area contributed by atoms with Crippen LogP contribution in [-0.2, 0) is 10.0 Å². The van der Waals surface area contributed by atoms with Crippen molar-refractivity contribution in [2.45, 2.75) is 38.7 Å². The van der Waals surface area contributed by atoms with Crippen molar-refractivity contribution in [3.8, 4) is 5.75 Å². The van der Waals surface area contributed by atoms with Crippen molar-refractivity contribution in [3.05, 3.63) is 82.4 Å². The summed E-state index contributed by atoms with van der Waals surface area (Å²) in [6.07, 6.45) is -0.00507. The predicted molar refractivity (Wildman–Crippen MR) is 128 cm³/mol. The highest BCUT2D eigenvalue weighted by Crippen LogP contribution is 2.28. The molecule has 2 N–H and O–H groups in total. The van der Waals surface area contributed by atoms with Crippen molar-refractivity contribution in [1.29, 1.82) is 0 Å². The van der Waals surface area contributed by atoms with E-state index < -0.39 is 15.9 Å². The molecule has 0 fully saturated rings. The van der Waals surface area contributed by atoms with Crippen molar-refractivity contribution in [2.75, 3.05) is 10.0 Å². The Bertz CT molecular complexity index is 1260. The number of hydrogen-bond acceptors (Lipinski definition) is 4. The molecule has 168 valence electrons. The van der Waals surface area contributed by atoms with E-state index in [0.29, 0.717) is 17.1 Å². The number of rotatable bonds is 7. The van der Waals surface area contributed by atoms with Crippen molar-refractivity contribution < 1.29 is 17.9 Å². The Morgan fingerprint density at radius 2 is 1.72 bits per heavy atom. The summed E-state index contributed by atoms with van der Waals surface area (Å²) in [7, 11) is -4.01. The van der Waals surface area contributed by atoms with Crippen molar-refractivity contribution in [3.63, 3.8) is 0 Å². The van der Waals surface area contributed by atoms with Gasteiger partial charge in [0.15, 0.2) is 0 Å². The van der Waals surface area contributed by atoms with E-state index in [4.69, 9.17) is 16.3 Å². The lowest BCUT2D eigenvalue weighted by Crippen LogP contribution is -2.17. The molecule has 0 saturated heterocycles. The Hall–Kier alpha value is -3.03. The Labute approximate surface area is 193 Å². The summed E-state index contributed by atoms with van der Waals surface area (Å²) in [4.78, 5) is 12.6. The summed E-state index contributed by atoms with van der Waals surface area (Å²) in [5, 5.41) is 2.78. The van der Waals surface area contributed by atoms with Crippen LogP contribution in [0.2, 0.25) is 5.02 Å². The summed E-state index contributed by atoms with van der Waals surface area (Å²) < 4.78 is 34.3. The molecular formula is C24H25ClN2O4S. The first-order valence-corrected chi connectivity index (χ1v) is 11.9. The molecule has 0 bridgehead atoms. The summed E-state index contributed by atoms with van der Waals surface area (Å²) in [5.74, 6) is 0.154. The van der Waals surface area contributed by atoms with Crippen LogP contribution in [0.3, 0.4) is 0 Å². The number of halogens is 1. The fourth-order valence-electron chi connectivity index (χ4n) is 3.03. The van der Waals surface area contributed by atoms with Gasteiger partial charge in [0.2, 0.25) is 0 Å². The van der Waals surface area contributed by atoms with E-state index in [9.17, 15) is 13.2 Å². The quantitative estimate of drug-likeness (QED) is 0.455. The SMILES string of the molecule is Cc1cccc(NS(=O)(=O)c2cc(C(=O)Nc3cccc(OC(C)C)c3)ccc2Cl)c1C. The van der Waals surface area contributed by atoms with Crippen LogP contribution < -0.4 is 14.8 Å². The molecule has 0 radical (unpaired) electrons. The van der Waals surface area contributed by atoms with Crippen LogP contribution in [0.25, 0.3) is 0 Å². The molecule has 3 aromatic carbocycles. The van der Waals surface area contributed by atoms with Crippen LogP contribution in [0, 0.1) is 13.8 Å². The van der Waals surface area contributed by atoms with E-state index in [2.05, 4.69) is 10.0 Å². The Morgan fingerprint density at radius 3 is 2.44 bits per heavy atom. The molecule has 3 rings (SSSR count). The predicted octanol–water partition coefficient (Wildman–Crippen LogP) is 5.80. The normalized spacial score (nSPS) is 11.3. The number of nitrogens with one attached hydrogen (secondary N) is 2. The van der Waals surface area contributed by atoms with Gasteiger partial charge < -0.3 is 10.1 Å². The number of carbonyl (C=O) groups excluding carboxylic acids is 1. The highest BCUT2D eigenvalue weighted by molar-refractivity contribution is 7.92. The third-order valence-electron chi connectivity index (χ3n) is 4.80. The molecule has 0 spiro atoms. The number of aryl methyl sites for hydroxylation is 1. The van der Waals surface area contributed by atoms with Crippen molar-refractivity contribution >= 4 is 38.9 Å². The van der Waals surface area contributed by atoms with Gasteiger partial charge in [0.1, 0.15) is 10.6 Å². The molecule has 0 aliphatic heterocycles. The number of carbonyl (C=O) groups is 1. The molecule has 0 aliphatic rings. The minimum Gasteiger partial charge on any atom is -0.491 e. The van der Waals surface area contributed by atoms with Crippen molar-refractivity contribution in [2.24, 2.45) is 0 Å². The molecule has 6 nitrogen and oxygen atoms in total. The van der Waals surface area contributed by atoms with Gasteiger partial charge in [-0.05, 0) is 75.2 Å². The maximum Gasteiger partial charge on any atom is 0.263 e. The zero-order valence-corrected chi connectivity index (χ0v) is 19.8. The lowest BCUT2D eigenvalue weighted by Gasteiger charge is -2.14. The van der Waals surface area contributed by atoms with Gasteiger partial charge in [0, 0.05) is 17.3 Å². The van der Waals surface area contributed by atoms with Gasteiger partial charge in [0.25, 0.3) is 15.9 Å². The minimum atomic E-state index is -4.01. The smallest absolute Gasteiger partial charge is 0.263 e. The molecule has 0 heterocycles. The number of sulfonamides is 1. The molecule has 0 unspecified atom stereocenters. The van der Waals surface area contributed by atoms with Gasteiger partial charge in [-0.25, -0.2) is 8.42 Å². The average Bonchev–Trinajstić information content (AvgIpc) is 2.71. The second kappa shape index (κ2) is 9.63. The summed E-state index contributed by atoms with van der Waals surface area (Å²) in [6, 6.07) is 16.5. The van der Waals surface area contributed by atoms with Gasteiger partial charge in [-0.2, -0.15) is 0 Å². The Morgan fingerprint density at radius 1 is 1.00 bits per heavy atom. The molecule has 8 heteroatoms. The second-order valence-electron chi connectivity index (χ2n) is 7.65. The van der Waals surface area contributed by atoms with Crippen LogP contribution in [0.4, 0.5) is 11.4 Å². The first-order valence-electron chi connectivity index (χ1n) is 10.0. The lowest BCUT2D eigenvalue weighted by molar-refractivity contribution is 0.102. The van der Waals surface area contributed by atoms with E-state index in [-0.39, 0.29) is 21.6 Å². The molecule has 1 amide bonds. The number of hydrogen-bond donors (Lipinski definition) is 2. The first-order chi connectivity index (χ1) is 15.1. The van der Waals surface area contributed by atoms with E-state index in [1.54, 1.807) is 36.4 Å². The minimum absolute atomic E-state index is 0.00507. The third kappa shape index (κ3) is 5.60. The number of benzene rings is 3. The maximum absolute atomic E-state index is 13.0. The average molecular weight is 473 g/mol. The van der Waals surface area contributed by atoms with Gasteiger partial charge in [-0.1, -0.05) is 29.8 Å². The largest absolute Gasteiger partial charge is 0.491 e. The number of anilines is 2. The molecular weight excluding hydrogens is 448 g/mol. The van der Waals surface area contributed by atoms with Crippen LogP contribution in [-0.4, -0.2) is 20.4 Å². The second-order valence-corrected chi connectivity index (χ2v) is 9.70. The standard InChI is InChI=1S/C24H25ClN2O4S/c1-15(2)31-20-9-6-8-19(14-20)26-24(28)18-11-12-21(25)23(13-18)32(29,30)27-22-10-5-7-16(3)17(22)4/h5-15,27H,1-4H3,(H,26,28). The fourth-order valence-corrected chi connectivity index (χ4v) is 4.68. The Balaban J connectivity index is 1.86. The van der Waals surface area contributed by atoms with Gasteiger partial charge in [0.05, 0.1) is 16.8 Å². The molecule has 3 aromatic rings. The summed E-state index contributed by atoms with van der Waals surface area (Å²) >= 11 is 6.18. The molecule has 0 saturated carbocycles. The van der Waals surface area contributed by atoms with Crippen LogP contribution in [0.1, 0.15) is 35.3 Å². The topological polar surface area (TPSA) is 84.5 Å². The molecule has 0 aliphatic carbocycles. The first kappa shape index (κ1) is 23.6. The zero-order valence-electron chi connectivity index (χ0n) is 18.3. The molecule has 32 heavy (non-hydrogen) atoms. The lowest BCUT2D eigenvalue weighted by atomic mass is 10.1. The van der Waals surface area contributed by atoms with E-state index in [1.807, 2.05) is 33.8 Å². The van der Waals surface area contributed by atoms with Crippen molar-refractivity contribution in [1.82, 2.24) is 0 Å². The van der Waals surface area contributed by atoms with E-state index in [1.165, 1.54) is 18.2 Å². The van der Waals surface area contributed by atoms with Gasteiger partial charge in [-0.3, -0.25) is 9.52 Å². The van der Waals surface area contributed by atoms with E-state index in [0.717, 1.165) is 11.1 Å². The highest BCUT2D eigenvalue weighted by Gasteiger charge is 2.21. The van der Waals surface area contributed by atoms with Gasteiger partial charge >= 0.3 is 0 Å². The van der Waals surface area contributed by atoms with E-state index >= 15 is 0 Å². The number of amides is 1. The zero-order chi connectivity index (χ0) is 23.5. The fraction of sp³-hybridized carbons (Fsp3) is 0.208. The Kier molecular flexibility index (Phi) is 7.11. The van der Waals surface area contributed by atoms with Gasteiger partial charge in [-0.15, -0.1) is 0 Å². The number of ether oxygens (including phenoxy) is 1. The highest BCUT2D eigenvalue weighted by atomic mass is 35.5. The van der Waals surface area contributed by atoms with Crippen LogP contribution >= 0.6 is 11.6 Å². The van der Waals surface area contributed by atoms with Crippen LogP contribution in [0.15, 0.2) is 65.6 Å². The van der Waals surface area contributed by atoms with Crippen LogP contribution in [0.5, 0.6) is 5.75 Å². The summed E-state index contributed by atoms with van der Waals surface area (Å²) in [6.45, 7) is 7.54. The third-order valence-corrected chi connectivity index (χ3v) is 6.64. The molecule has 0 atom stereocenters. The monoisotopic (exact) mass is 472 g/mol. The molecule has 0 aromatic heterocycles. The maximum atomic E-state index is 13.0. The summed E-state index contributed by atoms with van der Waals surface area (Å²) in [5.41, 5.74) is 2.91.